The van der Waals surface area contributed by atoms with E-state index in [0.29, 0.717) is 5.82 Å². The molecule has 1 aromatic heterocycles. The number of nitrogens with two attached hydrogens (primary N) is 1. The van der Waals surface area contributed by atoms with Crippen LogP contribution in [0.1, 0.15) is 11.7 Å². The SMILES string of the molecule is NCc1noc(CCOCC(F)(F)F)n1. The van der Waals surface area contributed by atoms with Gasteiger partial charge in [-0.05, 0) is 0 Å². The summed E-state index contributed by atoms with van der Waals surface area (Å²) in [6.07, 6.45) is -4.17. The molecular formula is C7H10F3N3O2. The molecule has 0 amide bonds. The van der Waals surface area contributed by atoms with Gasteiger partial charge in [0.15, 0.2) is 5.82 Å². The summed E-state index contributed by atoms with van der Waals surface area (Å²) in [5.41, 5.74) is 5.21. The maximum absolute atomic E-state index is 11.6. The Kier molecular flexibility index (Phi) is 4.04. The third-order valence-electron chi connectivity index (χ3n) is 1.42. The summed E-state index contributed by atoms with van der Waals surface area (Å²) in [5.74, 6) is 0.540. The Morgan fingerprint density at radius 2 is 2.13 bits per heavy atom. The van der Waals surface area contributed by atoms with Crippen molar-refractivity contribution in [3.05, 3.63) is 11.7 Å². The van der Waals surface area contributed by atoms with Gasteiger partial charge in [0.25, 0.3) is 0 Å². The van der Waals surface area contributed by atoms with Gasteiger partial charge in [-0.25, -0.2) is 0 Å². The van der Waals surface area contributed by atoms with Crippen LogP contribution >= 0.6 is 0 Å². The van der Waals surface area contributed by atoms with Gasteiger partial charge in [-0.2, -0.15) is 18.2 Å². The lowest BCUT2D eigenvalue weighted by Crippen LogP contribution is -2.18. The molecule has 0 aliphatic heterocycles. The summed E-state index contributed by atoms with van der Waals surface area (Å²) in [4.78, 5) is 3.80. The zero-order chi connectivity index (χ0) is 11.3. The number of hydrogen-bond acceptors (Lipinski definition) is 5. The van der Waals surface area contributed by atoms with Crippen LogP contribution in [-0.2, 0) is 17.7 Å². The Balaban J connectivity index is 2.20. The minimum absolute atomic E-state index is 0.119. The molecular weight excluding hydrogens is 215 g/mol. The summed E-state index contributed by atoms with van der Waals surface area (Å²) in [6.45, 7) is -1.26. The van der Waals surface area contributed by atoms with Crippen LogP contribution in [0.3, 0.4) is 0 Å². The number of halogens is 3. The highest BCUT2D eigenvalue weighted by molar-refractivity contribution is 4.84. The van der Waals surface area contributed by atoms with Crippen molar-refractivity contribution < 1.29 is 22.4 Å². The minimum Gasteiger partial charge on any atom is -0.372 e. The lowest BCUT2D eigenvalue weighted by Gasteiger charge is -2.05. The van der Waals surface area contributed by atoms with Crippen LogP contribution in [-0.4, -0.2) is 29.5 Å². The second-order valence-corrected chi connectivity index (χ2v) is 2.73. The Morgan fingerprint density at radius 1 is 1.40 bits per heavy atom. The Hall–Kier alpha value is -1.15. The molecule has 0 aromatic carbocycles. The molecule has 1 aromatic rings. The van der Waals surface area contributed by atoms with Gasteiger partial charge >= 0.3 is 6.18 Å². The van der Waals surface area contributed by atoms with Crippen molar-refractivity contribution in [2.24, 2.45) is 5.73 Å². The monoisotopic (exact) mass is 225 g/mol. The molecule has 0 aliphatic rings. The van der Waals surface area contributed by atoms with E-state index in [1.807, 2.05) is 0 Å². The van der Waals surface area contributed by atoms with Gasteiger partial charge in [0.1, 0.15) is 6.61 Å². The standard InChI is InChI=1S/C7H10F3N3O2/c8-7(9,10)4-14-2-1-6-12-5(3-11)13-15-6/h1-4,11H2. The van der Waals surface area contributed by atoms with Crippen LogP contribution in [0.4, 0.5) is 13.2 Å². The molecule has 0 spiro atoms. The quantitative estimate of drug-likeness (QED) is 0.744. The molecule has 8 heteroatoms. The summed E-state index contributed by atoms with van der Waals surface area (Å²) in [6, 6.07) is 0. The summed E-state index contributed by atoms with van der Waals surface area (Å²) in [5, 5.41) is 3.47. The normalized spacial score (nSPS) is 12.0. The number of ether oxygens (including phenoxy) is 1. The van der Waals surface area contributed by atoms with Gasteiger partial charge in [-0.3, -0.25) is 0 Å². The molecule has 0 atom stereocenters. The highest BCUT2D eigenvalue weighted by atomic mass is 19.4. The fourth-order valence-electron chi connectivity index (χ4n) is 0.822. The average molecular weight is 225 g/mol. The van der Waals surface area contributed by atoms with E-state index >= 15 is 0 Å². The Labute approximate surface area is 83.4 Å². The molecule has 0 unspecified atom stereocenters. The topological polar surface area (TPSA) is 74.2 Å². The Morgan fingerprint density at radius 3 is 2.67 bits per heavy atom. The third kappa shape index (κ3) is 4.75. The second-order valence-electron chi connectivity index (χ2n) is 2.73. The molecule has 5 nitrogen and oxygen atoms in total. The van der Waals surface area contributed by atoms with Gasteiger partial charge in [-0.15, -0.1) is 0 Å². The zero-order valence-electron chi connectivity index (χ0n) is 7.75. The first kappa shape index (κ1) is 11.9. The van der Waals surface area contributed by atoms with E-state index in [1.54, 1.807) is 0 Å². The molecule has 0 fully saturated rings. The number of hydrogen-bond donors (Lipinski definition) is 1. The lowest BCUT2D eigenvalue weighted by molar-refractivity contribution is -0.173. The molecule has 1 heterocycles. The predicted molar refractivity (Wildman–Crippen MR) is 42.8 cm³/mol. The van der Waals surface area contributed by atoms with Crippen molar-refractivity contribution in [2.75, 3.05) is 13.2 Å². The fraction of sp³-hybridized carbons (Fsp3) is 0.714. The molecule has 15 heavy (non-hydrogen) atoms. The molecule has 2 N–H and O–H groups in total. The van der Waals surface area contributed by atoms with Crippen LogP contribution in [0.2, 0.25) is 0 Å². The summed E-state index contributed by atoms with van der Waals surface area (Å²) in [7, 11) is 0. The zero-order valence-corrected chi connectivity index (χ0v) is 7.75. The lowest BCUT2D eigenvalue weighted by atomic mass is 10.4. The maximum atomic E-state index is 11.6. The van der Waals surface area contributed by atoms with E-state index in [9.17, 15) is 13.2 Å². The first-order chi connectivity index (χ1) is 7.01. The van der Waals surface area contributed by atoms with Crippen LogP contribution < -0.4 is 5.73 Å². The number of aromatic nitrogens is 2. The van der Waals surface area contributed by atoms with E-state index in [2.05, 4.69) is 19.4 Å². The summed E-state index contributed by atoms with van der Waals surface area (Å²) < 4.78 is 44.0. The van der Waals surface area contributed by atoms with Gasteiger partial charge in [-0.1, -0.05) is 5.16 Å². The summed E-state index contributed by atoms with van der Waals surface area (Å²) >= 11 is 0. The number of nitrogens with zero attached hydrogens (tertiary/aromatic N) is 2. The van der Waals surface area contributed by atoms with Crippen molar-refractivity contribution >= 4 is 0 Å². The van der Waals surface area contributed by atoms with Crippen LogP contribution in [0, 0.1) is 0 Å². The molecule has 0 radical (unpaired) electrons. The van der Waals surface area contributed by atoms with Crippen molar-refractivity contribution in [2.45, 2.75) is 19.1 Å². The molecule has 0 aliphatic carbocycles. The van der Waals surface area contributed by atoms with Gasteiger partial charge in [0, 0.05) is 0 Å². The maximum Gasteiger partial charge on any atom is 0.411 e. The second kappa shape index (κ2) is 5.08. The van der Waals surface area contributed by atoms with E-state index in [1.165, 1.54) is 0 Å². The number of alkyl halides is 3. The average Bonchev–Trinajstić information content (AvgIpc) is 2.59. The van der Waals surface area contributed by atoms with Crippen LogP contribution in [0.25, 0.3) is 0 Å². The molecule has 1 rings (SSSR count). The third-order valence-corrected chi connectivity index (χ3v) is 1.42. The first-order valence-corrected chi connectivity index (χ1v) is 4.17. The molecule has 0 saturated carbocycles. The highest BCUT2D eigenvalue weighted by Gasteiger charge is 2.27. The largest absolute Gasteiger partial charge is 0.411 e. The highest BCUT2D eigenvalue weighted by Crippen LogP contribution is 2.14. The van der Waals surface area contributed by atoms with Crippen molar-refractivity contribution in [1.82, 2.24) is 10.1 Å². The van der Waals surface area contributed by atoms with Gasteiger partial charge < -0.3 is 15.0 Å². The van der Waals surface area contributed by atoms with Gasteiger partial charge in [0.2, 0.25) is 5.89 Å². The molecule has 0 saturated heterocycles. The van der Waals surface area contributed by atoms with Crippen LogP contribution in [0.15, 0.2) is 4.52 Å². The van der Waals surface area contributed by atoms with Gasteiger partial charge in [0.05, 0.1) is 19.6 Å². The number of rotatable bonds is 5. The molecule has 86 valence electrons. The predicted octanol–water partition coefficient (Wildman–Crippen LogP) is 0.650. The molecule has 0 bridgehead atoms. The smallest absolute Gasteiger partial charge is 0.372 e. The minimum atomic E-state index is -4.31. The van der Waals surface area contributed by atoms with Crippen molar-refractivity contribution in [1.29, 1.82) is 0 Å². The van der Waals surface area contributed by atoms with E-state index in [0.717, 1.165) is 0 Å². The van der Waals surface area contributed by atoms with E-state index < -0.39 is 12.8 Å². The van der Waals surface area contributed by atoms with Crippen LogP contribution in [0.5, 0.6) is 0 Å². The fourth-order valence-corrected chi connectivity index (χ4v) is 0.822. The van der Waals surface area contributed by atoms with E-state index in [-0.39, 0.29) is 25.5 Å². The van der Waals surface area contributed by atoms with Crippen molar-refractivity contribution in [3.63, 3.8) is 0 Å². The van der Waals surface area contributed by atoms with Crippen molar-refractivity contribution in [3.8, 4) is 0 Å². The Bertz CT molecular complexity index is 300. The first-order valence-electron chi connectivity index (χ1n) is 4.17. The van der Waals surface area contributed by atoms with E-state index in [4.69, 9.17) is 5.73 Å².